The van der Waals surface area contributed by atoms with E-state index in [1.165, 1.54) is 109 Å². The zero-order valence-corrected chi connectivity index (χ0v) is 41.4. The van der Waals surface area contributed by atoms with Gasteiger partial charge in [0, 0.05) is 6.42 Å². The highest BCUT2D eigenvalue weighted by Crippen LogP contribution is 2.30. The van der Waals surface area contributed by atoms with Crippen molar-refractivity contribution in [3.63, 3.8) is 0 Å². The van der Waals surface area contributed by atoms with Crippen LogP contribution in [0.4, 0.5) is 0 Å². The molecule has 0 radical (unpaired) electrons. The van der Waals surface area contributed by atoms with Crippen LogP contribution >= 0.6 is 0 Å². The lowest BCUT2D eigenvalue weighted by Crippen LogP contribution is -2.65. The molecule has 2 aliphatic rings. The minimum atomic E-state index is -1.79. The van der Waals surface area contributed by atoms with E-state index < -0.39 is 86.8 Å². The topological polar surface area (TPSA) is 228 Å². The number of rotatable bonds is 40. The molecule has 0 aromatic rings. The van der Waals surface area contributed by atoms with Crippen molar-refractivity contribution in [1.82, 2.24) is 5.32 Å². The van der Waals surface area contributed by atoms with E-state index in [0.29, 0.717) is 12.8 Å². The Bertz CT molecular complexity index is 1310. The zero-order valence-electron chi connectivity index (χ0n) is 41.4. The molecule has 0 aliphatic carbocycles. The summed E-state index contributed by atoms with van der Waals surface area (Å²) in [6.45, 7) is 2.63. The van der Waals surface area contributed by atoms with Gasteiger partial charge in [0.2, 0.25) is 5.91 Å². The van der Waals surface area contributed by atoms with E-state index in [0.717, 1.165) is 44.9 Å². The smallest absolute Gasteiger partial charge is 0.220 e. The number of carbonyl (C=O) groups excluding carboxylic acids is 1. The number of nitrogens with one attached hydrogen (secondary N) is 1. The number of allylic oxidation sites excluding steroid dienone is 7. The minimum Gasteiger partial charge on any atom is -0.394 e. The van der Waals surface area contributed by atoms with Crippen LogP contribution < -0.4 is 5.32 Å². The van der Waals surface area contributed by atoms with Crippen LogP contribution in [0.3, 0.4) is 0 Å². The number of hydrogen-bond donors (Lipinski definition) is 9. The molecule has 12 atom stereocenters. The second-order valence-electron chi connectivity index (χ2n) is 18.6. The second-order valence-corrected chi connectivity index (χ2v) is 18.6. The summed E-state index contributed by atoms with van der Waals surface area (Å²) in [5, 5.41) is 86.6. The third kappa shape index (κ3) is 26.7. The third-order valence-corrected chi connectivity index (χ3v) is 12.7. The van der Waals surface area contributed by atoms with Crippen molar-refractivity contribution in [2.45, 2.75) is 261 Å². The SMILES string of the molecule is CC/C=C/CC/C=C/CC/C=C/C(O)C(COC1OC(CO)C(OC2OC(CO)C(O)C(O)C2O)C(O)C1O)NC(=O)CCCCCCCCCCCCC/C=C\CCCCCCCCCC. The van der Waals surface area contributed by atoms with Gasteiger partial charge in [0.05, 0.1) is 32.0 Å². The number of carbonyl (C=O) groups is 1. The molecule has 390 valence electrons. The Morgan fingerprint density at radius 3 is 1.54 bits per heavy atom. The summed E-state index contributed by atoms with van der Waals surface area (Å²) in [6, 6.07) is -0.936. The molecule has 67 heavy (non-hydrogen) atoms. The molecule has 2 saturated heterocycles. The second kappa shape index (κ2) is 39.6. The van der Waals surface area contributed by atoms with Crippen LogP contribution in [0.1, 0.15) is 187 Å². The monoisotopic (exact) mass is 954 g/mol. The number of amides is 1. The van der Waals surface area contributed by atoms with Crippen molar-refractivity contribution >= 4 is 5.91 Å². The highest BCUT2D eigenvalue weighted by molar-refractivity contribution is 5.76. The van der Waals surface area contributed by atoms with E-state index in [4.69, 9.17) is 18.9 Å². The normalized spacial score (nSPS) is 27.0. The molecule has 0 bridgehead atoms. The Morgan fingerprint density at radius 2 is 1.00 bits per heavy atom. The summed E-state index contributed by atoms with van der Waals surface area (Å²) in [5.74, 6) is -0.258. The number of aliphatic hydroxyl groups is 8. The van der Waals surface area contributed by atoms with Gasteiger partial charge >= 0.3 is 0 Å². The minimum absolute atomic E-state index is 0.258. The van der Waals surface area contributed by atoms with Gasteiger partial charge in [-0.25, -0.2) is 0 Å². The molecule has 9 N–H and O–H groups in total. The quantitative estimate of drug-likeness (QED) is 0.0218. The van der Waals surface area contributed by atoms with Crippen molar-refractivity contribution in [2.75, 3.05) is 19.8 Å². The lowest BCUT2D eigenvalue weighted by atomic mass is 9.97. The Kier molecular flexibility index (Phi) is 36.1. The van der Waals surface area contributed by atoms with Crippen LogP contribution in [0, 0.1) is 0 Å². The molecule has 2 heterocycles. The highest BCUT2D eigenvalue weighted by atomic mass is 16.7. The van der Waals surface area contributed by atoms with Gasteiger partial charge in [-0.2, -0.15) is 0 Å². The van der Waals surface area contributed by atoms with Gasteiger partial charge in [0.1, 0.15) is 48.8 Å². The summed E-state index contributed by atoms with van der Waals surface area (Å²) in [6.07, 6.45) is 30.4. The first-order chi connectivity index (χ1) is 32.6. The molecule has 2 rings (SSSR count). The number of aliphatic hydroxyl groups excluding tert-OH is 8. The van der Waals surface area contributed by atoms with Crippen LogP contribution in [-0.2, 0) is 23.7 Å². The standard InChI is InChI=1S/C53H95NO13/c1-3-5-7-9-11-13-15-16-17-18-19-20-21-22-23-24-25-26-27-29-31-33-35-37-45(58)54-41(42(57)36-34-32-30-28-14-12-10-8-6-4-2)40-64-52-50(63)48(61)51(44(39-56)66-52)67-53-49(62)47(60)46(59)43(38-55)65-53/h6,8,14,18-19,28,34,36,41-44,46-53,55-57,59-63H,3-5,7,9-13,15-17,20-27,29-33,35,37-40H2,1-2H3,(H,54,58)/b8-6+,19-18-,28-14+,36-34+. The largest absolute Gasteiger partial charge is 0.394 e. The average Bonchev–Trinajstić information content (AvgIpc) is 3.32. The molecule has 0 aromatic carbocycles. The van der Waals surface area contributed by atoms with Gasteiger partial charge < -0.3 is 65.1 Å². The highest BCUT2D eigenvalue weighted by Gasteiger charge is 2.51. The van der Waals surface area contributed by atoms with Crippen LogP contribution in [0.5, 0.6) is 0 Å². The molecule has 14 heteroatoms. The number of ether oxygens (including phenoxy) is 4. The molecular weight excluding hydrogens is 859 g/mol. The summed E-state index contributed by atoms with van der Waals surface area (Å²) >= 11 is 0. The molecule has 1 amide bonds. The zero-order chi connectivity index (χ0) is 48.9. The van der Waals surface area contributed by atoms with Gasteiger partial charge in [0.25, 0.3) is 0 Å². The molecule has 0 saturated carbocycles. The number of unbranched alkanes of at least 4 members (excludes halogenated alkanes) is 21. The van der Waals surface area contributed by atoms with Crippen LogP contribution in [0.25, 0.3) is 0 Å². The molecule has 2 fully saturated rings. The van der Waals surface area contributed by atoms with Gasteiger partial charge in [-0.05, 0) is 64.2 Å². The first-order valence-corrected chi connectivity index (χ1v) is 26.4. The van der Waals surface area contributed by atoms with Gasteiger partial charge in [0.15, 0.2) is 12.6 Å². The van der Waals surface area contributed by atoms with Crippen LogP contribution in [0.15, 0.2) is 48.6 Å². The first-order valence-electron chi connectivity index (χ1n) is 26.4. The molecule has 0 aromatic heterocycles. The Labute approximate surface area is 403 Å². The maximum atomic E-state index is 13.2. The fraction of sp³-hybridized carbons (Fsp3) is 0.830. The molecule has 12 unspecified atom stereocenters. The van der Waals surface area contributed by atoms with E-state index >= 15 is 0 Å². The van der Waals surface area contributed by atoms with E-state index in [-0.39, 0.29) is 18.9 Å². The lowest BCUT2D eigenvalue weighted by Gasteiger charge is -2.46. The van der Waals surface area contributed by atoms with Crippen LogP contribution in [0.2, 0.25) is 0 Å². The Hall–Kier alpha value is -2.05. The van der Waals surface area contributed by atoms with Crippen molar-refractivity contribution in [3.05, 3.63) is 48.6 Å². The Morgan fingerprint density at radius 1 is 0.537 bits per heavy atom. The third-order valence-electron chi connectivity index (χ3n) is 12.7. The average molecular weight is 954 g/mol. The number of hydrogen-bond acceptors (Lipinski definition) is 13. The van der Waals surface area contributed by atoms with Gasteiger partial charge in [-0.3, -0.25) is 4.79 Å². The maximum Gasteiger partial charge on any atom is 0.220 e. The fourth-order valence-corrected chi connectivity index (χ4v) is 8.44. The summed E-state index contributed by atoms with van der Waals surface area (Å²) in [4.78, 5) is 13.2. The summed E-state index contributed by atoms with van der Waals surface area (Å²) in [5.41, 5.74) is 0. The lowest BCUT2D eigenvalue weighted by molar-refractivity contribution is -0.359. The summed E-state index contributed by atoms with van der Waals surface area (Å²) < 4.78 is 22.6. The fourth-order valence-electron chi connectivity index (χ4n) is 8.44. The van der Waals surface area contributed by atoms with Crippen molar-refractivity contribution < 1.29 is 64.6 Å². The van der Waals surface area contributed by atoms with E-state index in [2.05, 4.69) is 55.6 Å². The molecular formula is C53H95NO13. The van der Waals surface area contributed by atoms with E-state index in [1.807, 2.05) is 6.08 Å². The van der Waals surface area contributed by atoms with Crippen molar-refractivity contribution in [2.24, 2.45) is 0 Å². The predicted molar refractivity (Wildman–Crippen MR) is 263 cm³/mol. The molecule has 14 nitrogen and oxygen atoms in total. The van der Waals surface area contributed by atoms with E-state index in [1.54, 1.807) is 6.08 Å². The van der Waals surface area contributed by atoms with Crippen molar-refractivity contribution in [3.8, 4) is 0 Å². The summed E-state index contributed by atoms with van der Waals surface area (Å²) in [7, 11) is 0. The van der Waals surface area contributed by atoms with Gasteiger partial charge in [-0.15, -0.1) is 0 Å². The first kappa shape index (κ1) is 61.1. The molecule has 2 aliphatic heterocycles. The predicted octanol–water partition coefficient (Wildman–Crippen LogP) is 7.27. The Balaban J connectivity index is 1.76. The van der Waals surface area contributed by atoms with Gasteiger partial charge in [-0.1, -0.05) is 165 Å². The van der Waals surface area contributed by atoms with Crippen LogP contribution in [-0.4, -0.2) is 140 Å². The molecule has 0 spiro atoms. The van der Waals surface area contributed by atoms with E-state index in [9.17, 15) is 45.6 Å². The maximum absolute atomic E-state index is 13.2. The van der Waals surface area contributed by atoms with Crippen molar-refractivity contribution in [1.29, 1.82) is 0 Å².